The molecule has 0 bridgehead atoms. The van der Waals surface area contributed by atoms with Crippen molar-refractivity contribution in [3.05, 3.63) is 23.5 Å². The summed E-state index contributed by atoms with van der Waals surface area (Å²) < 4.78 is 22.5. The normalized spacial score (nSPS) is 25.2. The highest BCUT2D eigenvalue weighted by molar-refractivity contribution is 5.99. The van der Waals surface area contributed by atoms with Gasteiger partial charge in [0, 0.05) is 6.42 Å². The van der Waals surface area contributed by atoms with E-state index in [9.17, 15) is 24.8 Å². The van der Waals surface area contributed by atoms with E-state index in [2.05, 4.69) is 15.3 Å². The van der Waals surface area contributed by atoms with Gasteiger partial charge in [-0.2, -0.15) is 5.26 Å². The Labute approximate surface area is 250 Å². The number of aliphatic hydroxyl groups is 1. The summed E-state index contributed by atoms with van der Waals surface area (Å²) in [6.07, 6.45) is -0.325. The lowest BCUT2D eigenvalue weighted by atomic mass is 9.92. The Kier molecular flexibility index (Phi) is 10.9. The highest BCUT2D eigenvalue weighted by Crippen LogP contribution is 2.41. The molecule has 2 fully saturated rings. The lowest BCUT2D eigenvalue weighted by molar-refractivity contribution is -0.163. The number of aromatic amines is 1. The van der Waals surface area contributed by atoms with Crippen LogP contribution >= 0.6 is 0 Å². The van der Waals surface area contributed by atoms with Crippen LogP contribution in [0.2, 0.25) is 0 Å². The van der Waals surface area contributed by atoms with Crippen molar-refractivity contribution in [1.82, 2.24) is 10.3 Å². The van der Waals surface area contributed by atoms with E-state index >= 15 is 0 Å². The van der Waals surface area contributed by atoms with Crippen molar-refractivity contribution in [3.8, 4) is 6.07 Å². The van der Waals surface area contributed by atoms with Crippen LogP contribution in [0, 0.1) is 28.6 Å². The summed E-state index contributed by atoms with van der Waals surface area (Å²) in [6.45, 7) is 8.01. The Balaban J connectivity index is 1.87. The molecule has 0 unspecified atom stereocenters. The van der Waals surface area contributed by atoms with E-state index in [4.69, 9.17) is 30.1 Å². The van der Waals surface area contributed by atoms with E-state index in [1.165, 1.54) is 12.1 Å². The minimum absolute atomic E-state index is 0.0461. The maximum Gasteiger partial charge on any atom is 0.408 e. The summed E-state index contributed by atoms with van der Waals surface area (Å²) in [7, 11) is 0. The summed E-state index contributed by atoms with van der Waals surface area (Å²) >= 11 is 0. The number of hydrogen-bond donors (Lipinski definition) is 5. The molecule has 5 atom stereocenters. The number of aromatic nitrogens is 1. The first-order valence-electron chi connectivity index (χ1n) is 14.4. The van der Waals surface area contributed by atoms with Gasteiger partial charge in [0.2, 0.25) is 5.60 Å². The number of ether oxygens (including phenoxy) is 4. The topological polar surface area (TPSA) is 222 Å². The number of amides is 1. The van der Waals surface area contributed by atoms with Crippen LogP contribution in [0.4, 0.5) is 4.79 Å². The number of amidine groups is 1. The Morgan fingerprint density at radius 1 is 1.33 bits per heavy atom. The highest BCUT2D eigenvalue weighted by Gasteiger charge is 2.59. The van der Waals surface area contributed by atoms with Crippen LogP contribution in [-0.2, 0) is 34.1 Å². The molecule has 3 rings (SSSR count). The number of carbonyl (C=O) groups is 3. The quantitative estimate of drug-likeness (QED) is 0.108. The molecule has 1 saturated heterocycles. The zero-order valence-electron chi connectivity index (χ0n) is 25.2. The van der Waals surface area contributed by atoms with Crippen LogP contribution < -0.4 is 11.1 Å². The molecule has 236 valence electrons. The number of aliphatic imine (C=N–C) groups is 1. The van der Waals surface area contributed by atoms with Crippen LogP contribution in [0.15, 0.2) is 17.1 Å². The monoisotopic (exact) mass is 602 g/mol. The van der Waals surface area contributed by atoms with E-state index in [0.717, 1.165) is 32.0 Å². The summed E-state index contributed by atoms with van der Waals surface area (Å²) in [5.41, 5.74) is 3.29. The van der Waals surface area contributed by atoms with Gasteiger partial charge in [0.1, 0.15) is 48.7 Å². The Morgan fingerprint density at radius 2 is 2.00 bits per heavy atom. The van der Waals surface area contributed by atoms with Gasteiger partial charge in [-0.05, 0) is 57.6 Å². The average molecular weight is 603 g/mol. The van der Waals surface area contributed by atoms with Gasteiger partial charge in [-0.15, -0.1) is 0 Å². The SMILES string of the molecule is CC(C)[C@H](NC(=O)OC(C)(C)C)C(=O)O[C@H]1[C@@H](O)[C@](C#N)(c2ccc(/C(N)=N\C=N)[nH]2)O[C@@H]1COC(=O)CC1CCCC1. The van der Waals surface area contributed by atoms with Gasteiger partial charge in [0.25, 0.3) is 0 Å². The molecule has 1 aromatic heterocycles. The summed E-state index contributed by atoms with van der Waals surface area (Å²) in [5, 5.41) is 31.4. The first kappa shape index (κ1) is 33.5. The van der Waals surface area contributed by atoms with Gasteiger partial charge < -0.3 is 40.1 Å². The van der Waals surface area contributed by atoms with E-state index < -0.39 is 66.1 Å². The molecule has 14 nitrogen and oxygen atoms in total. The van der Waals surface area contributed by atoms with Gasteiger partial charge in [-0.25, -0.2) is 14.6 Å². The third kappa shape index (κ3) is 8.32. The molecule has 14 heteroatoms. The Bertz CT molecular complexity index is 1240. The largest absolute Gasteiger partial charge is 0.463 e. The first-order chi connectivity index (χ1) is 20.2. The molecule has 43 heavy (non-hydrogen) atoms. The zero-order valence-corrected chi connectivity index (χ0v) is 25.2. The van der Waals surface area contributed by atoms with Crippen molar-refractivity contribution < 1.29 is 38.4 Å². The fourth-order valence-corrected chi connectivity index (χ4v) is 5.18. The van der Waals surface area contributed by atoms with E-state index in [-0.39, 0.29) is 29.6 Å². The van der Waals surface area contributed by atoms with E-state index in [1.54, 1.807) is 34.6 Å². The molecule has 2 aliphatic rings. The van der Waals surface area contributed by atoms with Gasteiger partial charge >= 0.3 is 18.0 Å². The van der Waals surface area contributed by atoms with Crippen LogP contribution in [-0.4, -0.2) is 76.9 Å². The number of nitrogens with one attached hydrogen (secondary N) is 3. The number of esters is 2. The number of nitrogens with zero attached hydrogens (tertiary/aromatic N) is 2. The number of nitriles is 1. The second kappa shape index (κ2) is 14.0. The van der Waals surface area contributed by atoms with Crippen molar-refractivity contribution >= 4 is 30.2 Å². The van der Waals surface area contributed by atoms with E-state index in [0.29, 0.717) is 0 Å². The van der Waals surface area contributed by atoms with Gasteiger partial charge in [0.05, 0.1) is 11.4 Å². The van der Waals surface area contributed by atoms with Crippen molar-refractivity contribution in [3.63, 3.8) is 0 Å². The fourth-order valence-electron chi connectivity index (χ4n) is 5.18. The zero-order chi connectivity index (χ0) is 31.9. The number of rotatable bonds is 11. The summed E-state index contributed by atoms with van der Waals surface area (Å²) in [4.78, 5) is 45.0. The maximum atomic E-state index is 13.4. The molecule has 1 saturated carbocycles. The molecule has 1 amide bonds. The number of aliphatic hydroxyl groups excluding tert-OH is 1. The predicted molar refractivity (Wildman–Crippen MR) is 154 cm³/mol. The number of H-pyrrole nitrogens is 1. The Hall–Kier alpha value is -3.96. The second-order valence-electron chi connectivity index (χ2n) is 12.2. The maximum absolute atomic E-state index is 13.4. The first-order valence-corrected chi connectivity index (χ1v) is 14.4. The molecular weight excluding hydrogens is 560 g/mol. The van der Waals surface area contributed by atoms with Crippen LogP contribution in [0.25, 0.3) is 0 Å². The number of nitrogens with two attached hydrogens (primary N) is 1. The molecule has 0 aromatic carbocycles. The van der Waals surface area contributed by atoms with Crippen molar-refractivity contribution in [2.45, 2.75) is 102 Å². The number of carbonyl (C=O) groups excluding carboxylic acids is 3. The lowest BCUT2D eigenvalue weighted by Crippen LogP contribution is -2.50. The second-order valence-corrected chi connectivity index (χ2v) is 12.2. The van der Waals surface area contributed by atoms with Gasteiger partial charge in [0.15, 0.2) is 6.10 Å². The van der Waals surface area contributed by atoms with Crippen LogP contribution in [0.1, 0.15) is 78.1 Å². The Morgan fingerprint density at radius 3 is 2.58 bits per heavy atom. The van der Waals surface area contributed by atoms with Gasteiger partial charge in [-0.1, -0.05) is 26.7 Å². The number of alkyl carbamates (subject to hydrolysis) is 1. The molecule has 0 radical (unpaired) electrons. The minimum Gasteiger partial charge on any atom is -0.463 e. The average Bonchev–Trinajstić information content (AvgIpc) is 3.67. The van der Waals surface area contributed by atoms with E-state index in [1.807, 2.05) is 6.07 Å². The highest BCUT2D eigenvalue weighted by atomic mass is 16.6. The summed E-state index contributed by atoms with van der Waals surface area (Å²) in [6, 6.07) is 3.73. The molecule has 1 aliphatic carbocycles. The smallest absolute Gasteiger partial charge is 0.408 e. The lowest BCUT2D eigenvalue weighted by Gasteiger charge is -2.28. The molecule has 2 heterocycles. The van der Waals surface area contributed by atoms with Crippen molar-refractivity contribution in [2.75, 3.05) is 6.61 Å². The third-order valence-electron chi connectivity index (χ3n) is 7.35. The molecule has 1 aliphatic heterocycles. The van der Waals surface area contributed by atoms with Crippen LogP contribution in [0.5, 0.6) is 0 Å². The summed E-state index contributed by atoms with van der Waals surface area (Å²) in [5.74, 6) is -1.63. The third-order valence-corrected chi connectivity index (χ3v) is 7.35. The molecule has 0 spiro atoms. The number of hydrogen-bond acceptors (Lipinski definition) is 10. The standard InChI is InChI=1S/C29H42N6O8/c1-16(2)22(35-27(39)43-28(3,4)5)26(38)41-23-19(13-40-21(36)12-17-8-6-7-9-17)42-29(14-30,24(23)37)20-11-10-18(34-20)25(32)33-15-31/h10-11,15-17,19,22-24,34,37H,6-9,12-13H2,1-5H3,(H,35,39)(H3,31,32,33)/t19-,22+,23-,24-,29+/m1/s1. The molecule has 1 aromatic rings. The van der Waals surface area contributed by atoms with Crippen LogP contribution in [0.3, 0.4) is 0 Å². The van der Waals surface area contributed by atoms with Crippen molar-refractivity contribution in [2.24, 2.45) is 22.6 Å². The molecular formula is C29H42N6O8. The fraction of sp³-hybridized carbons (Fsp3) is 0.655. The predicted octanol–water partition coefficient (Wildman–Crippen LogP) is 2.39. The molecule has 6 N–H and O–H groups in total. The minimum atomic E-state index is -2.08. The van der Waals surface area contributed by atoms with Gasteiger partial charge in [-0.3, -0.25) is 10.2 Å². The van der Waals surface area contributed by atoms with Crippen molar-refractivity contribution in [1.29, 1.82) is 10.7 Å².